The molecule has 3 rings (SSSR count). The molecule has 2 aromatic carbocycles. The molecule has 2 unspecified atom stereocenters. The molecular weight excluding hydrogens is 546 g/mol. The fraction of sp³-hybridized carbons (Fsp3) is 0.433. The maximum atomic E-state index is 11.9. The number of aliphatic carboxylic acids is 1. The Labute approximate surface area is 246 Å². The van der Waals surface area contributed by atoms with Crippen LogP contribution in [0.1, 0.15) is 51.5 Å². The first-order valence-electron chi connectivity index (χ1n) is 13.4. The van der Waals surface area contributed by atoms with Crippen molar-refractivity contribution in [2.45, 2.75) is 58.3 Å². The van der Waals surface area contributed by atoms with E-state index in [0.29, 0.717) is 16.5 Å². The maximum absolute atomic E-state index is 11.9. The number of aromatic nitrogens is 2. The molecule has 0 spiro atoms. The monoisotopic (exact) mass is 585 g/mol. The lowest BCUT2D eigenvalue weighted by Crippen LogP contribution is -2.40. The van der Waals surface area contributed by atoms with E-state index in [1.165, 1.54) is 0 Å². The molecular formula is C30H40ClN5O5. The molecule has 2 atom stereocenters. The van der Waals surface area contributed by atoms with Crippen LogP contribution >= 0.6 is 11.6 Å². The molecule has 11 heteroatoms. The van der Waals surface area contributed by atoms with E-state index in [0.717, 1.165) is 22.6 Å². The van der Waals surface area contributed by atoms with Gasteiger partial charge in [-0.2, -0.15) is 0 Å². The van der Waals surface area contributed by atoms with Gasteiger partial charge < -0.3 is 29.8 Å². The quantitative estimate of drug-likeness (QED) is 0.251. The van der Waals surface area contributed by atoms with Crippen LogP contribution in [0.4, 0.5) is 4.79 Å². The Kier molecular flexibility index (Phi) is 10.8. The van der Waals surface area contributed by atoms with Crippen LogP contribution in [0, 0.1) is 0 Å². The van der Waals surface area contributed by atoms with Crippen LogP contribution in [0.25, 0.3) is 11.3 Å². The van der Waals surface area contributed by atoms with Gasteiger partial charge in [0, 0.05) is 36.3 Å². The van der Waals surface area contributed by atoms with Gasteiger partial charge >= 0.3 is 12.1 Å². The van der Waals surface area contributed by atoms with Crippen LogP contribution < -0.4 is 15.4 Å². The van der Waals surface area contributed by atoms with Crippen molar-refractivity contribution in [1.29, 1.82) is 0 Å². The maximum Gasteiger partial charge on any atom is 0.407 e. The van der Waals surface area contributed by atoms with Gasteiger partial charge in [-0.25, -0.2) is 9.78 Å². The van der Waals surface area contributed by atoms with Crippen molar-refractivity contribution in [1.82, 2.24) is 25.1 Å². The fourth-order valence-electron chi connectivity index (χ4n) is 4.08. The summed E-state index contributed by atoms with van der Waals surface area (Å²) in [4.78, 5) is 30.4. The molecule has 3 N–H and O–H groups in total. The largest absolute Gasteiger partial charge is 0.480 e. The second-order valence-electron chi connectivity index (χ2n) is 11.1. The van der Waals surface area contributed by atoms with Crippen molar-refractivity contribution >= 4 is 23.7 Å². The lowest BCUT2D eigenvalue weighted by Gasteiger charge is -2.20. The van der Waals surface area contributed by atoms with E-state index < -0.39 is 23.7 Å². The van der Waals surface area contributed by atoms with E-state index in [-0.39, 0.29) is 25.6 Å². The number of hydrogen-bond donors (Lipinski definition) is 3. The number of ether oxygens (including phenoxy) is 2. The number of rotatable bonds is 12. The number of carbonyl (C=O) groups excluding carboxylic acids is 1. The zero-order chi connectivity index (χ0) is 30.3. The SMILES string of the molecule is CC(c1ncc(-c2ccc(Oc3cc(Cl)ccc3CNC(CCNC(=O)OC(C)(C)C)C(=O)O)cc2)n1C)N(C)C. The standard InChI is InChI=1S/C30H40ClN5O5/c1-19(35(5)6)27-34-18-25(36(27)7)20-9-12-23(13-10-20)40-26-16-22(31)11-8-21(26)17-33-24(28(37)38)14-15-32-29(39)41-30(2,3)4/h8-13,16,18-19,24,33H,14-15,17H2,1-7H3,(H,32,39)(H,37,38). The molecule has 0 aliphatic carbocycles. The molecule has 10 nitrogen and oxygen atoms in total. The van der Waals surface area contributed by atoms with Gasteiger partial charge in [0.1, 0.15) is 29.0 Å². The van der Waals surface area contributed by atoms with Crippen molar-refractivity contribution in [3.8, 4) is 22.8 Å². The van der Waals surface area contributed by atoms with Crippen LogP contribution in [-0.2, 0) is 23.1 Å². The summed E-state index contributed by atoms with van der Waals surface area (Å²) in [6, 6.07) is 12.2. The van der Waals surface area contributed by atoms with Crippen LogP contribution in [0.15, 0.2) is 48.7 Å². The molecule has 3 aromatic rings. The van der Waals surface area contributed by atoms with Crippen LogP contribution in [0.3, 0.4) is 0 Å². The third kappa shape index (κ3) is 9.21. The summed E-state index contributed by atoms with van der Waals surface area (Å²) in [5, 5.41) is 15.8. The molecule has 0 saturated heterocycles. The summed E-state index contributed by atoms with van der Waals surface area (Å²) in [7, 11) is 6.05. The number of carboxylic acids is 1. The van der Waals surface area contributed by atoms with Gasteiger partial charge in [-0.05, 0) is 84.6 Å². The fourth-order valence-corrected chi connectivity index (χ4v) is 4.24. The Morgan fingerprint density at radius 2 is 1.83 bits per heavy atom. The van der Waals surface area contributed by atoms with E-state index in [9.17, 15) is 14.7 Å². The normalized spacial score (nSPS) is 13.1. The zero-order valence-electron chi connectivity index (χ0n) is 24.7. The zero-order valence-corrected chi connectivity index (χ0v) is 25.5. The van der Waals surface area contributed by atoms with E-state index in [4.69, 9.17) is 21.1 Å². The van der Waals surface area contributed by atoms with Crippen molar-refractivity contribution in [2.75, 3.05) is 20.6 Å². The molecule has 41 heavy (non-hydrogen) atoms. The lowest BCUT2D eigenvalue weighted by molar-refractivity contribution is -0.139. The predicted octanol–water partition coefficient (Wildman–Crippen LogP) is 5.61. The molecule has 0 fully saturated rings. The molecule has 0 saturated carbocycles. The van der Waals surface area contributed by atoms with Gasteiger partial charge in [-0.15, -0.1) is 0 Å². The molecule has 1 amide bonds. The summed E-state index contributed by atoms with van der Waals surface area (Å²) in [5.74, 6) is 1.07. The minimum atomic E-state index is -1.03. The van der Waals surface area contributed by atoms with Crippen molar-refractivity contribution < 1.29 is 24.2 Å². The summed E-state index contributed by atoms with van der Waals surface area (Å²) >= 11 is 6.25. The topological polar surface area (TPSA) is 118 Å². The number of halogens is 1. The number of carboxylic acid groups (broad SMARTS) is 1. The molecule has 1 aromatic heterocycles. The number of imidazole rings is 1. The first kappa shape index (κ1) is 31.9. The van der Waals surface area contributed by atoms with E-state index in [1.54, 1.807) is 39.0 Å². The van der Waals surface area contributed by atoms with Gasteiger partial charge in [0.15, 0.2) is 0 Å². The summed E-state index contributed by atoms with van der Waals surface area (Å²) in [5.41, 5.74) is 2.10. The molecule has 0 aliphatic heterocycles. The third-order valence-electron chi connectivity index (χ3n) is 6.52. The highest BCUT2D eigenvalue weighted by Crippen LogP contribution is 2.31. The number of hydrogen-bond acceptors (Lipinski definition) is 7. The van der Waals surface area contributed by atoms with Gasteiger partial charge in [-0.3, -0.25) is 9.69 Å². The first-order valence-corrected chi connectivity index (χ1v) is 13.8. The Hall–Kier alpha value is -3.60. The smallest absolute Gasteiger partial charge is 0.407 e. The van der Waals surface area contributed by atoms with Crippen LogP contribution in [0.2, 0.25) is 5.02 Å². The Morgan fingerprint density at radius 1 is 1.15 bits per heavy atom. The minimum absolute atomic E-state index is 0.140. The van der Waals surface area contributed by atoms with Gasteiger partial charge in [0.25, 0.3) is 0 Å². The highest BCUT2D eigenvalue weighted by Gasteiger charge is 2.20. The Morgan fingerprint density at radius 3 is 2.44 bits per heavy atom. The highest BCUT2D eigenvalue weighted by atomic mass is 35.5. The Bertz CT molecular complexity index is 1330. The lowest BCUT2D eigenvalue weighted by atomic mass is 10.1. The summed E-state index contributed by atoms with van der Waals surface area (Å²) in [6.07, 6.45) is 1.45. The number of benzene rings is 2. The number of nitrogens with zero attached hydrogens (tertiary/aromatic N) is 3. The number of alkyl carbamates (subject to hydrolysis) is 1. The van der Waals surface area contributed by atoms with Gasteiger partial charge in [0.05, 0.1) is 17.9 Å². The van der Waals surface area contributed by atoms with E-state index >= 15 is 0 Å². The molecule has 0 bridgehead atoms. The Balaban J connectivity index is 1.66. The second-order valence-corrected chi connectivity index (χ2v) is 11.5. The van der Waals surface area contributed by atoms with Crippen molar-refractivity contribution in [2.24, 2.45) is 7.05 Å². The average molecular weight is 586 g/mol. The molecule has 222 valence electrons. The second kappa shape index (κ2) is 13.8. The van der Waals surface area contributed by atoms with E-state index in [2.05, 4.69) is 32.0 Å². The minimum Gasteiger partial charge on any atom is -0.480 e. The highest BCUT2D eigenvalue weighted by molar-refractivity contribution is 6.30. The number of amides is 1. The van der Waals surface area contributed by atoms with Crippen LogP contribution in [-0.4, -0.2) is 63.9 Å². The van der Waals surface area contributed by atoms with E-state index in [1.807, 2.05) is 51.6 Å². The predicted molar refractivity (Wildman–Crippen MR) is 159 cm³/mol. The van der Waals surface area contributed by atoms with Crippen molar-refractivity contribution in [3.63, 3.8) is 0 Å². The van der Waals surface area contributed by atoms with Crippen LogP contribution in [0.5, 0.6) is 11.5 Å². The number of carbonyl (C=O) groups is 2. The summed E-state index contributed by atoms with van der Waals surface area (Å²) < 4.78 is 13.4. The van der Waals surface area contributed by atoms with Gasteiger partial charge in [-0.1, -0.05) is 17.7 Å². The molecule has 0 radical (unpaired) electrons. The first-order chi connectivity index (χ1) is 19.2. The molecule has 1 heterocycles. The molecule has 0 aliphatic rings. The van der Waals surface area contributed by atoms with Gasteiger partial charge in [0.2, 0.25) is 0 Å². The van der Waals surface area contributed by atoms with Crippen molar-refractivity contribution in [3.05, 3.63) is 65.1 Å². The summed E-state index contributed by atoms with van der Waals surface area (Å²) in [6.45, 7) is 7.75. The third-order valence-corrected chi connectivity index (χ3v) is 6.75. The average Bonchev–Trinajstić information content (AvgIpc) is 3.26. The number of nitrogens with one attached hydrogen (secondary N) is 2.